The molecule has 0 saturated carbocycles. The average Bonchev–Trinajstić information content (AvgIpc) is 2.40. The molecule has 1 aliphatic rings. The highest BCUT2D eigenvalue weighted by Crippen LogP contribution is 2.27. The maximum atomic E-state index is 4.22. The van der Waals surface area contributed by atoms with Crippen LogP contribution >= 0.6 is 0 Å². The third-order valence-corrected chi connectivity index (χ3v) is 3.39. The van der Waals surface area contributed by atoms with Crippen LogP contribution in [0.5, 0.6) is 0 Å². The molecule has 1 N–H and O–H groups in total. The summed E-state index contributed by atoms with van der Waals surface area (Å²) in [6, 6.07) is 4.62. The van der Waals surface area contributed by atoms with E-state index in [4.69, 9.17) is 0 Å². The van der Waals surface area contributed by atoms with Gasteiger partial charge in [0.15, 0.2) is 0 Å². The first-order chi connectivity index (χ1) is 8.40. The molecule has 2 heteroatoms. The van der Waals surface area contributed by atoms with Gasteiger partial charge in [0.1, 0.15) is 0 Å². The molecule has 0 spiro atoms. The molecular formula is C15H22N2. The number of hydrogen-bond donors (Lipinski definition) is 1. The van der Waals surface area contributed by atoms with E-state index in [1.165, 1.54) is 31.2 Å². The topological polar surface area (TPSA) is 24.9 Å². The number of nitrogens with one attached hydrogen (secondary N) is 1. The second kappa shape index (κ2) is 6.55. The molecule has 0 amide bonds. The van der Waals surface area contributed by atoms with Crippen LogP contribution in [-0.2, 0) is 0 Å². The van der Waals surface area contributed by atoms with Crippen molar-refractivity contribution in [2.24, 2.45) is 0 Å². The molecule has 1 heterocycles. The van der Waals surface area contributed by atoms with Gasteiger partial charge in [-0.2, -0.15) is 0 Å². The summed E-state index contributed by atoms with van der Waals surface area (Å²) in [6.07, 6.45) is 12.7. The molecule has 1 unspecified atom stereocenters. The Morgan fingerprint density at radius 2 is 2.35 bits per heavy atom. The fourth-order valence-electron chi connectivity index (χ4n) is 2.49. The molecule has 0 bridgehead atoms. The Bertz CT molecular complexity index is 356. The maximum absolute atomic E-state index is 4.22. The van der Waals surface area contributed by atoms with Gasteiger partial charge in [0.05, 0.1) is 0 Å². The van der Waals surface area contributed by atoms with E-state index in [2.05, 4.69) is 29.4 Å². The van der Waals surface area contributed by atoms with E-state index in [-0.39, 0.29) is 0 Å². The van der Waals surface area contributed by atoms with Crippen molar-refractivity contribution < 1.29 is 0 Å². The van der Waals surface area contributed by atoms with Crippen molar-refractivity contribution in [2.45, 2.75) is 45.1 Å². The summed E-state index contributed by atoms with van der Waals surface area (Å²) in [5.41, 5.74) is 2.92. The smallest absolute Gasteiger partial charge is 0.0372 e. The largest absolute Gasteiger partial charge is 0.310 e. The molecule has 2 rings (SSSR count). The Hall–Kier alpha value is -1.15. The fourth-order valence-corrected chi connectivity index (χ4v) is 2.49. The van der Waals surface area contributed by atoms with Gasteiger partial charge in [0, 0.05) is 18.4 Å². The zero-order chi connectivity index (χ0) is 11.9. The highest BCUT2D eigenvalue weighted by molar-refractivity contribution is 5.18. The van der Waals surface area contributed by atoms with Gasteiger partial charge < -0.3 is 5.32 Å². The molecule has 0 fully saturated rings. The first kappa shape index (κ1) is 12.3. The van der Waals surface area contributed by atoms with E-state index in [0.29, 0.717) is 6.04 Å². The van der Waals surface area contributed by atoms with Crippen LogP contribution in [0, 0.1) is 0 Å². The third kappa shape index (κ3) is 3.67. The molecular weight excluding hydrogens is 208 g/mol. The number of hydrogen-bond acceptors (Lipinski definition) is 2. The normalized spacial score (nSPS) is 17.6. The Labute approximate surface area is 104 Å². The van der Waals surface area contributed by atoms with Gasteiger partial charge in [0.25, 0.3) is 0 Å². The zero-order valence-electron chi connectivity index (χ0n) is 10.7. The lowest BCUT2D eigenvalue weighted by atomic mass is 9.92. The summed E-state index contributed by atoms with van der Waals surface area (Å²) >= 11 is 0. The van der Waals surface area contributed by atoms with E-state index in [9.17, 15) is 0 Å². The van der Waals surface area contributed by atoms with Crippen LogP contribution in [0.15, 0.2) is 36.2 Å². The molecule has 1 aromatic rings. The van der Waals surface area contributed by atoms with Crippen molar-refractivity contribution in [2.75, 3.05) is 6.54 Å². The molecule has 2 nitrogen and oxygen atoms in total. The number of aromatic nitrogens is 1. The minimum atomic E-state index is 0.429. The van der Waals surface area contributed by atoms with Crippen molar-refractivity contribution in [1.29, 1.82) is 0 Å². The molecule has 0 aromatic carbocycles. The first-order valence-corrected chi connectivity index (χ1v) is 6.71. The van der Waals surface area contributed by atoms with E-state index >= 15 is 0 Å². The molecule has 17 heavy (non-hydrogen) atoms. The van der Waals surface area contributed by atoms with Gasteiger partial charge in [-0.15, -0.1) is 0 Å². The van der Waals surface area contributed by atoms with Crippen molar-refractivity contribution in [3.63, 3.8) is 0 Å². The van der Waals surface area contributed by atoms with Crippen LogP contribution < -0.4 is 5.32 Å². The summed E-state index contributed by atoms with van der Waals surface area (Å²) in [5, 5.41) is 3.57. The summed E-state index contributed by atoms with van der Waals surface area (Å²) in [4.78, 5) is 4.22. The van der Waals surface area contributed by atoms with Crippen LogP contribution in [0.4, 0.5) is 0 Å². The molecule has 0 saturated heterocycles. The Morgan fingerprint density at radius 3 is 3.00 bits per heavy atom. The average molecular weight is 230 g/mol. The minimum Gasteiger partial charge on any atom is -0.310 e. The molecule has 0 radical (unpaired) electrons. The molecule has 1 aliphatic carbocycles. The SMILES string of the molecule is CCNC(CC1=CCCCC1)c1cccnc1. The minimum absolute atomic E-state index is 0.429. The molecule has 1 aromatic heterocycles. The predicted molar refractivity (Wildman–Crippen MR) is 71.8 cm³/mol. The second-order valence-corrected chi connectivity index (χ2v) is 4.71. The number of rotatable bonds is 5. The number of nitrogens with zero attached hydrogens (tertiary/aromatic N) is 1. The van der Waals surface area contributed by atoms with Crippen LogP contribution in [0.2, 0.25) is 0 Å². The highest BCUT2D eigenvalue weighted by atomic mass is 14.9. The lowest BCUT2D eigenvalue weighted by Gasteiger charge is -2.21. The van der Waals surface area contributed by atoms with Crippen molar-refractivity contribution in [3.05, 3.63) is 41.7 Å². The highest BCUT2D eigenvalue weighted by Gasteiger charge is 2.13. The fraction of sp³-hybridized carbons (Fsp3) is 0.533. The van der Waals surface area contributed by atoms with E-state index in [1.807, 2.05) is 18.5 Å². The standard InChI is InChI=1S/C15H22N2/c1-2-17-15(14-9-6-10-16-12-14)11-13-7-4-3-5-8-13/h6-7,9-10,12,15,17H,2-5,8,11H2,1H3. The Kier molecular flexibility index (Phi) is 4.75. The zero-order valence-corrected chi connectivity index (χ0v) is 10.7. The molecule has 1 atom stereocenters. The summed E-state index contributed by atoms with van der Waals surface area (Å²) in [6.45, 7) is 3.17. The number of allylic oxidation sites excluding steroid dienone is 1. The lowest BCUT2D eigenvalue weighted by molar-refractivity contribution is 0.526. The van der Waals surface area contributed by atoms with Crippen molar-refractivity contribution in [1.82, 2.24) is 10.3 Å². The van der Waals surface area contributed by atoms with Crippen LogP contribution in [0.25, 0.3) is 0 Å². The van der Waals surface area contributed by atoms with Gasteiger partial charge >= 0.3 is 0 Å². The van der Waals surface area contributed by atoms with Crippen LogP contribution in [0.1, 0.15) is 50.6 Å². The van der Waals surface area contributed by atoms with Gasteiger partial charge in [-0.05, 0) is 50.3 Å². The summed E-state index contributed by atoms with van der Waals surface area (Å²) < 4.78 is 0. The van der Waals surface area contributed by atoms with Gasteiger partial charge in [-0.1, -0.05) is 24.6 Å². The van der Waals surface area contributed by atoms with Gasteiger partial charge in [-0.25, -0.2) is 0 Å². The van der Waals surface area contributed by atoms with Crippen molar-refractivity contribution >= 4 is 0 Å². The third-order valence-electron chi connectivity index (χ3n) is 3.39. The van der Waals surface area contributed by atoms with E-state index < -0.39 is 0 Å². The van der Waals surface area contributed by atoms with Gasteiger partial charge in [-0.3, -0.25) is 4.98 Å². The summed E-state index contributed by atoms with van der Waals surface area (Å²) in [5.74, 6) is 0. The predicted octanol–water partition coefficient (Wildman–Crippen LogP) is 3.62. The van der Waals surface area contributed by atoms with Gasteiger partial charge in [0.2, 0.25) is 0 Å². The molecule has 0 aliphatic heterocycles. The summed E-state index contributed by atoms with van der Waals surface area (Å²) in [7, 11) is 0. The number of pyridine rings is 1. The Balaban J connectivity index is 2.04. The van der Waals surface area contributed by atoms with E-state index in [0.717, 1.165) is 13.0 Å². The molecule has 92 valence electrons. The van der Waals surface area contributed by atoms with Crippen LogP contribution in [-0.4, -0.2) is 11.5 Å². The first-order valence-electron chi connectivity index (χ1n) is 6.71. The quantitative estimate of drug-likeness (QED) is 0.781. The van der Waals surface area contributed by atoms with Crippen molar-refractivity contribution in [3.8, 4) is 0 Å². The second-order valence-electron chi connectivity index (χ2n) is 4.71. The Morgan fingerprint density at radius 1 is 1.41 bits per heavy atom. The van der Waals surface area contributed by atoms with E-state index in [1.54, 1.807) is 5.57 Å². The maximum Gasteiger partial charge on any atom is 0.0372 e. The monoisotopic (exact) mass is 230 g/mol. The van der Waals surface area contributed by atoms with Crippen LogP contribution in [0.3, 0.4) is 0 Å². The lowest BCUT2D eigenvalue weighted by Crippen LogP contribution is -2.21.